The van der Waals surface area contributed by atoms with Crippen LogP contribution in [-0.4, -0.2) is 44.6 Å². The molecular weight excluding hydrogens is 392 g/mol. The molecule has 0 aliphatic rings. The number of ether oxygens (including phenoxy) is 1. The van der Waals surface area contributed by atoms with Gasteiger partial charge in [-0.2, -0.15) is 4.98 Å². The number of esters is 1. The molecule has 28 heavy (non-hydrogen) atoms. The lowest BCUT2D eigenvalue weighted by atomic mass is 10.1. The van der Waals surface area contributed by atoms with Gasteiger partial charge < -0.3 is 14.7 Å². The van der Waals surface area contributed by atoms with Crippen LogP contribution < -0.4 is 4.90 Å². The van der Waals surface area contributed by atoms with Crippen LogP contribution in [0.2, 0.25) is 5.28 Å². The maximum absolute atomic E-state index is 12.2. The highest BCUT2D eigenvalue weighted by Gasteiger charge is 2.35. The molecule has 1 atom stereocenters. The topological polar surface area (TPSA) is 136 Å². The van der Waals surface area contributed by atoms with Crippen molar-refractivity contribution in [3.8, 4) is 0 Å². The number of nitro groups is 1. The average Bonchev–Trinajstić information content (AvgIpc) is 2.61. The van der Waals surface area contributed by atoms with Gasteiger partial charge in [0.25, 0.3) is 0 Å². The minimum absolute atomic E-state index is 0.0231. The fourth-order valence-corrected chi connectivity index (χ4v) is 2.78. The predicted octanol–water partition coefficient (Wildman–Crippen LogP) is 3.22. The van der Waals surface area contributed by atoms with Crippen LogP contribution in [0.25, 0.3) is 0 Å². The van der Waals surface area contributed by atoms with Gasteiger partial charge in [0.05, 0.1) is 18.0 Å². The summed E-state index contributed by atoms with van der Waals surface area (Å²) in [5.74, 6) is -2.44. The lowest BCUT2D eigenvalue weighted by Gasteiger charge is -2.29. The number of carbonyl (C=O) groups is 2. The van der Waals surface area contributed by atoms with E-state index in [4.69, 9.17) is 16.3 Å². The van der Waals surface area contributed by atoms with Crippen molar-refractivity contribution in [1.82, 2.24) is 9.97 Å². The minimum atomic E-state index is -1.11. The van der Waals surface area contributed by atoms with E-state index in [1.54, 1.807) is 44.2 Å². The van der Waals surface area contributed by atoms with E-state index in [9.17, 15) is 24.8 Å². The van der Waals surface area contributed by atoms with Gasteiger partial charge in [-0.15, -0.1) is 0 Å². The summed E-state index contributed by atoms with van der Waals surface area (Å²) >= 11 is 5.92. The third-order valence-corrected chi connectivity index (χ3v) is 3.83. The van der Waals surface area contributed by atoms with E-state index < -0.39 is 39.6 Å². The molecule has 0 bridgehead atoms. The zero-order valence-corrected chi connectivity index (χ0v) is 15.8. The number of para-hydroxylation sites is 1. The number of nitrogens with zero attached hydrogens (tertiary/aromatic N) is 4. The molecule has 1 heterocycles. The second-order valence-electron chi connectivity index (χ2n) is 5.64. The Hall–Kier alpha value is -3.27. The molecule has 10 nitrogen and oxygen atoms in total. The number of halogens is 1. The van der Waals surface area contributed by atoms with Gasteiger partial charge in [0.1, 0.15) is 0 Å². The molecule has 1 unspecified atom stereocenters. The molecule has 0 aliphatic heterocycles. The molecule has 0 spiro atoms. The summed E-state index contributed by atoms with van der Waals surface area (Å²) in [6.45, 7) is 3.08. The van der Waals surface area contributed by atoms with Gasteiger partial charge in [-0.05, 0) is 37.6 Å². The molecule has 2 aromatic rings. The van der Waals surface area contributed by atoms with Crippen LogP contribution in [-0.2, 0) is 9.53 Å². The number of anilines is 2. The van der Waals surface area contributed by atoms with Crippen LogP contribution in [0, 0.1) is 10.1 Å². The molecule has 0 aliphatic carbocycles. The molecule has 0 saturated carbocycles. The molecule has 0 radical (unpaired) electrons. The van der Waals surface area contributed by atoms with E-state index >= 15 is 0 Å². The van der Waals surface area contributed by atoms with Crippen molar-refractivity contribution in [2.45, 2.75) is 26.3 Å². The second-order valence-corrected chi connectivity index (χ2v) is 5.98. The maximum atomic E-state index is 12.2. The standard InChI is InChI=1S/C17H17ClN4O6/c1-3-28-16(25)13-14(22(26)27)15(20-17(18)19-13)21(10(2)9-12(23)24)11-7-5-4-6-8-11/h4-8,10H,3,9H2,1-2H3,(H,23,24). The number of benzene rings is 1. The average molecular weight is 409 g/mol. The number of aromatic nitrogens is 2. The van der Waals surface area contributed by atoms with E-state index in [0.29, 0.717) is 5.69 Å². The fourth-order valence-electron chi connectivity index (χ4n) is 2.61. The third-order valence-electron chi connectivity index (χ3n) is 3.66. The fraction of sp³-hybridized carbons (Fsp3) is 0.294. The first-order valence-electron chi connectivity index (χ1n) is 8.21. The first kappa shape index (κ1) is 21.0. The van der Waals surface area contributed by atoms with Gasteiger partial charge >= 0.3 is 17.6 Å². The number of aliphatic carboxylic acids is 1. The molecule has 1 aromatic carbocycles. The van der Waals surface area contributed by atoms with Crippen molar-refractivity contribution < 1.29 is 24.4 Å². The molecule has 0 amide bonds. The van der Waals surface area contributed by atoms with E-state index in [-0.39, 0.29) is 18.8 Å². The molecule has 148 valence electrons. The summed E-state index contributed by atoms with van der Waals surface area (Å²) in [6, 6.07) is 7.59. The molecule has 1 N–H and O–H groups in total. The van der Waals surface area contributed by atoms with Crippen LogP contribution in [0.15, 0.2) is 30.3 Å². The zero-order chi connectivity index (χ0) is 20.8. The minimum Gasteiger partial charge on any atom is -0.481 e. The summed E-state index contributed by atoms with van der Waals surface area (Å²) in [4.78, 5) is 43.3. The van der Waals surface area contributed by atoms with Crippen molar-refractivity contribution in [3.05, 3.63) is 51.4 Å². The largest absolute Gasteiger partial charge is 0.481 e. The SMILES string of the molecule is CCOC(=O)c1nc(Cl)nc(N(c2ccccc2)C(C)CC(=O)O)c1[N+](=O)[O-]. The molecule has 0 saturated heterocycles. The Kier molecular flexibility index (Phi) is 6.83. The number of hydrogen-bond donors (Lipinski definition) is 1. The Labute approximate surface area is 164 Å². The van der Waals surface area contributed by atoms with Crippen LogP contribution in [0.4, 0.5) is 17.2 Å². The van der Waals surface area contributed by atoms with E-state index in [1.807, 2.05) is 0 Å². The number of carboxylic acid groups (broad SMARTS) is 1. The quantitative estimate of drug-likeness (QED) is 0.302. The van der Waals surface area contributed by atoms with Crippen LogP contribution in [0.5, 0.6) is 0 Å². The summed E-state index contributed by atoms with van der Waals surface area (Å²) in [6.07, 6.45) is -0.345. The van der Waals surface area contributed by atoms with Crippen molar-refractivity contribution in [2.24, 2.45) is 0 Å². The zero-order valence-electron chi connectivity index (χ0n) is 15.0. The Morgan fingerprint density at radius 3 is 2.50 bits per heavy atom. The van der Waals surface area contributed by atoms with Crippen molar-refractivity contribution in [2.75, 3.05) is 11.5 Å². The lowest BCUT2D eigenvalue weighted by molar-refractivity contribution is -0.384. The molecule has 0 fully saturated rings. The molecule has 1 aromatic heterocycles. The van der Waals surface area contributed by atoms with E-state index in [2.05, 4.69) is 9.97 Å². The van der Waals surface area contributed by atoms with Crippen molar-refractivity contribution >= 4 is 40.7 Å². The van der Waals surface area contributed by atoms with Gasteiger partial charge in [-0.25, -0.2) is 9.78 Å². The third kappa shape index (κ3) is 4.71. The highest BCUT2D eigenvalue weighted by atomic mass is 35.5. The molecular formula is C17H17ClN4O6. The molecule has 2 rings (SSSR count). The number of carbonyl (C=O) groups excluding carboxylic acids is 1. The highest BCUT2D eigenvalue weighted by molar-refractivity contribution is 6.28. The number of rotatable bonds is 8. The first-order chi connectivity index (χ1) is 13.3. The monoisotopic (exact) mass is 408 g/mol. The van der Waals surface area contributed by atoms with Crippen LogP contribution in [0.1, 0.15) is 30.8 Å². The van der Waals surface area contributed by atoms with E-state index in [0.717, 1.165) is 0 Å². The first-order valence-corrected chi connectivity index (χ1v) is 8.59. The Bertz CT molecular complexity index is 893. The Morgan fingerprint density at radius 1 is 1.32 bits per heavy atom. The second kappa shape index (κ2) is 9.09. The Morgan fingerprint density at radius 2 is 1.96 bits per heavy atom. The summed E-state index contributed by atoms with van der Waals surface area (Å²) in [5, 5.41) is 20.5. The predicted molar refractivity (Wildman–Crippen MR) is 99.9 cm³/mol. The number of carboxylic acids is 1. The van der Waals surface area contributed by atoms with Crippen LogP contribution in [0.3, 0.4) is 0 Å². The summed E-state index contributed by atoms with van der Waals surface area (Å²) in [7, 11) is 0. The normalized spacial score (nSPS) is 11.5. The van der Waals surface area contributed by atoms with Gasteiger partial charge in [-0.3, -0.25) is 14.9 Å². The summed E-state index contributed by atoms with van der Waals surface area (Å²) < 4.78 is 4.83. The van der Waals surface area contributed by atoms with Gasteiger partial charge in [-0.1, -0.05) is 18.2 Å². The summed E-state index contributed by atoms with van der Waals surface area (Å²) in [5.41, 5.74) is -0.891. The van der Waals surface area contributed by atoms with Crippen molar-refractivity contribution in [1.29, 1.82) is 0 Å². The van der Waals surface area contributed by atoms with Gasteiger partial charge in [0.2, 0.25) is 16.8 Å². The van der Waals surface area contributed by atoms with E-state index in [1.165, 1.54) is 4.90 Å². The lowest BCUT2D eigenvalue weighted by Crippen LogP contribution is -2.32. The smallest absolute Gasteiger partial charge is 0.364 e. The number of hydrogen-bond acceptors (Lipinski definition) is 8. The van der Waals surface area contributed by atoms with Gasteiger partial charge in [0, 0.05) is 11.7 Å². The van der Waals surface area contributed by atoms with Crippen molar-refractivity contribution in [3.63, 3.8) is 0 Å². The Balaban J connectivity index is 2.76. The molecule has 11 heteroatoms. The van der Waals surface area contributed by atoms with Crippen LogP contribution >= 0.6 is 11.6 Å². The highest BCUT2D eigenvalue weighted by Crippen LogP contribution is 2.37. The maximum Gasteiger partial charge on any atom is 0.364 e. The van der Waals surface area contributed by atoms with Gasteiger partial charge in [0.15, 0.2) is 0 Å².